The van der Waals surface area contributed by atoms with Crippen molar-refractivity contribution in [1.82, 2.24) is 14.6 Å². The number of aromatic nitrogens is 1. The number of benzene rings is 2. The van der Waals surface area contributed by atoms with E-state index in [1.54, 1.807) is 16.2 Å². The van der Waals surface area contributed by atoms with Crippen LogP contribution in [0.1, 0.15) is 30.3 Å². The van der Waals surface area contributed by atoms with Gasteiger partial charge in [0, 0.05) is 19.5 Å². The number of carbonyl (C=O) groups is 1. The molecular weight excluding hydrogens is 479 g/mol. The van der Waals surface area contributed by atoms with Crippen molar-refractivity contribution in [1.29, 1.82) is 0 Å². The highest BCUT2D eigenvalue weighted by Gasteiger charge is 2.32. The molecule has 2 aromatic carbocycles. The molecule has 4 rings (SSSR count). The van der Waals surface area contributed by atoms with Crippen molar-refractivity contribution in [2.45, 2.75) is 36.6 Å². The van der Waals surface area contributed by atoms with Gasteiger partial charge in [-0.3, -0.25) is 4.79 Å². The SMILES string of the molecule is O=C(CCNS(=O)(=O)c1ccc(OC(F)(F)F)cc1)N1CCCC1c1nc2ccccc2s1. The Hall–Kier alpha value is -2.70. The third-order valence-electron chi connectivity index (χ3n) is 5.17. The van der Waals surface area contributed by atoms with Crippen LogP contribution in [0.4, 0.5) is 13.2 Å². The van der Waals surface area contributed by atoms with E-state index >= 15 is 0 Å². The lowest BCUT2D eigenvalue weighted by Gasteiger charge is -2.23. The highest BCUT2D eigenvalue weighted by Crippen LogP contribution is 2.36. The van der Waals surface area contributed by atoms with Crippen LogP contribution in [0.5, 0.6) is 5.75 Å². The number of nitrogens with one attached hydrogen (secondary N) is 1. The number of nitrogens with zero attached hydrogens (tertiary/aromatic N) is 2. The summed E-state index contributed by atoms with van der Waals surface area (Å²) in [6, 6.07) is 11.5. The molecule has 1 aromatic heterocycles. The summed E-state index contributed by atoms with van der Waals surface area (Å²) in [5.74, 6) is -0.708. The Morgan fingerprint density at radius 2 is 1.91 bits per heavy atom. The van der Waals surface area contributed by atoms with Crippen molar-refractivity contribution in [3.05, 3.63) is 53.5 Å². The number of sulfonamides is 1. The van der Waals surface area contributed by atoms with E-state index in [0.717, 1.165) is 52.3 Å². The largest absolute Gasteiger partial charge is 0.573 e. The van der Waals surface area contributed by atoms with Gasteiger partial charge in [0.1, 0.15) is 10.8 Å². The smallest absolute Gasteiger partial charge is 0.406 e. The van der Waals surface area contributed by atoms with Gasteiger partial charge in [0.15, 0.2) is 0 Å². The Morgan fingerprint density at radius 3 is 2.61 bits per heavy atom. The second kappa shape index (κ2) is 9.27. The number of alkyl halides is 3. The number of thiazole rings is 1. The van der Waals surface area contributed by atoms with Gasteiger partial charge in [0.2, 0.25) is 15.9 Å². The van der Waals surface area contributed by atoms with E-state index in [-0.39, 0.29) is 29.8 Å². The van der Waals surface area contributed by atoms with E-state index in [1.807, 2.05) is 24.3 Å². The van der Waals surface area contributed by atoms with Crippen molar-refractivity contribution in [2.24, 2.45) is 0 Å². The zero-order valence-corrected chi connectivity index (χ0v) is 18.8. The fourth-order valence-corrected chi connectivity index (χ4v) is 5.84. The maximum Gasteiger partial charge on any atom is 0.573 e. The number of carbonyl (C=O) groups excluding carboxylic acids is 1. The van der Waals surface area contributed by atoms with Gasteiger partial charge in [0.25, 0.3) is 0 Å². The van der Waals surface area contributed by atoms with Crippen LogP contribution in [0, 0.1) is 0 Å². The molecule has 33 heavy (non-hydrogen) atoms. The standard InChI is InChI=1S/C21H20F3N3O4S2/c22-21(23,24)31-14-7-9-15(10-8-14)33(29,30)25-12-11-19(28)27-13-3-5-17(27)20-26-16-4-1-2-6-18(16)32-20/h1-2,4,6-10,17,25H,3,5,11-13H2. The molecule has 0 radical (unpaired) electrons. The normalized spacial score (nSPS) is 16.9. The number of fused-ring (bicyclic) bond motifs is 1. The fourth-order valence-electron chi connectivity index (χ4n) is 3.69. The summed E-state index contributed by atoms with van der Waals surface area (Å²) in [5, 5.41) is 0.865. The van der Waals surface area contributed by atoms with Crippen LogP contribution in [-0.4, -0.2) is 43.7 Å². The topological polar surface area (TPSA) is 88.6 Å². The molecule has 0 bridgehead atoms. The van der Waals surface area contributed by atoms with Crippen LogP contribution in [-0.2, 0) is 14.8 Å². The summed E-state index contributed by atoms with van der Waals surface area (Å²) in [7, 11) is -3.99. The third-order valence-corrected chi connectivity index (χ3v) is 7.78. The number of halogens is 3. The molecule has 12 heteroatoms. The van der Waals surface area contributed by atoms with Gasteiger partial charge in [0.05, 0.1) is 21.2 Å². The maximum atomic E-state index is 12.8. The Bertz CT molecular complexity index is 1210. The minimum absolute atomic E-state index is 0.0457. The Labute approximate surface area is 192 Å². The number of amides is 1. The summed E-state index contributed by atoms with van der Waals surface area (Å²) < 4.78 is 68.7. The minimum atomic E-state index is -4.86. The molecule has 1 amide bonds. The van der Waals surface area contributed by atoms with E-state index in [9.17, 15) is 26.4 Å². The van der Waals surface area contributed by atoms with Crippen molar-refractivity contribution in [3.8, 4) is 5.75 Å². The Balaban J connectivity index is 1.35. The van der Waals surface area contributed by atoms with E-state index in [1.165, 1.54) is 0 Å². The highest BCUT2D eigenvalue weighted by atomic mass is 32.2. The van der Waals surface area contributed by atoms with Gasteiger partial charge >= 0.3 is 6.36 Å². The summed E-state index contributed by atoms with van der Waals surface area (Å²) in [5.41, 5.74) is 0.885. The fraction of sp³-hybridized carbons (Fsp3) is 0.333. The second-order valence-electron chi connectivity index (χ2n) is 7.43. The second-order valence-corrected chi connectivity index (χ2v) is 10.3. The predicted octanol–water partition coefficient (Wildman–Crippen LogP) is 4.23. The first-order valence-corrected chi connectivity index (χ1v) is 12.4. The lowest BCUT2D eigenvalue weighted by atomic mass is 10.2. The predicted molar refractivity (Wildman–Crippen MR) is 116 cm³/mol. The van der Waals surface area contributed by atoms with Gasteiger partial charge < -0.3 is 9.64 Å². The van der Waals surface area contributed by atoms with E-state index < -0.39 is 22.1 Å². The lowest BCUT2D eigenvalue weighted by Crippen LogP contribution is -2.34. The first-order chi connectivity index (χ1) is 15.6. The molecule has 1 fully saturated rings. The Morgan fingerprint density at radius 1 is 1.18 bits per heavy atom. The average molecular weight is 500 g/mol. The highest BCUT2D eigenvalue weighted by molar-refractivity contribution is 7.89. The third kappa shape index (κ3) is 5.63. The summed E-state index contributed by atoms with van der Waals surface area (Å²) in [4.78, 5) is 18.9. The molecule has 1 saturated heterocycles. The van der Waals surface area contributed by atoms with Gasteiger partial charge in [-0.15, -0.1) is 24.5 Å². The first-order valence-electron chi connectivity index (χ1n) is 10.1. The number of hydrogen-bond acceptors (Lipinski definition) is 6. The van der Waals surface area contributed by atoms with Gasteiger partial charge in [-0.05, 0) is 49.2 Å². The quantitative estimate of drug-likeness (QED) is 0.526. The molecule has 7 nitrogen and oxygen atoms in total. The molecule has 2 heterocycles. The lowest BCUT2D eigenvalue weighted by molar-refractivity contribution is -0.274. The maximum absolute atomic E-state index is 12.8. The minimum Gasteiger partial charge on any atom is -0.406 e. The number of rotatable bonds is 7. The molecule has 1 aliphatic rings. The molecular formula is C21H20F3N3O4S2. The molecule has 1 N–H and O–H groups in total. The van der Waals surface area contributed by atoms with Crippen LogP contribution in [0.25, 0.3) is 10.2 Å². The summed E-state index contributed by atoms with van der Waals surface area (Å²) in [6.07, 6.45) is -3.28. The van der Waals surface area contributed by atoms with Gasteiger partial charge in [-0.1, -0.05) is 12.1 Å². The number of para-hydroxylation sites is 1. The summed E-state index contributed by atoms with van der Waals surface area (Å²) >= 11 is 1.55. The van der Waals surface area contributed by atoms with Gasteiger partial charge in [-0.2, -0.15) is 0 Å². The molecule has 0 spiro atoms. The van der Waals surface area contributed by atoms with Crippen molar-refractivity contribution in [3.63, 3.8) is 0 Å². The summed E-state index contributed by atoms with van der Waals surface area (Å²) in [6.45, 7) is 0.442. The van der Waals surface area contributed by atoms with Crippen LogP contribution in [0.3, 0.4) is 0 Å². The molecule has 3 aromatic rings. The number of hydrogen-bond donors (Lipinski definition) is 1. The van der Waals surface area contributed by atoms with Crippen LogP contribution >= 0.6 is 11.3 Å². The van der Waals surface area contributed by atoms with Crippen LogP contribution < -0.4 is 9.46 Å². The molecule has 1 unspecified atom stereocenters. The Kier molecular flexibility index (Phi) is 6.59. The van der Waals surface area contributed by atoms with E-state index in [2.05, 4.69) is 14.4 Å². The first kappa shape index (κ1) is 23.5. The van der Waals surface area contributed by atoms with Crippen molar-refractivity contribution >= 4 is 37.5 Å². The average Bonchev–Trinajstić information content (AvgIpc) is 3.39. The monoisotopic (exact) mass is 499 g/mol. The zero-order valence-electron chi connectivity index (χ0n) is 17.2. The van der Waals surface area contributed by atoms with E-state index in [4.69, 9.17) is 0 Å². The van der Waals surface area contributed by atoms with Gasteiger partial charge in [-0.25, -0.2) is 18.1 Å². The van der Waals surface area contributed by atoms with Crippen molar-refractivity contribution < 1.29 is 31.1 Å². The molecule has 0 aliphatic carbocycles. The number of ether oxygens (including phenoxy) is 1. The number of likely N-dealkylation sites (tertiary alicyclic amines) is 1. The van der Waals surface area contributed by atoms with Crippen molar-refractivity contribution in [2.75, 3.05) is 13.1 Å². The molecule has 1 aliphatic heterocycles. The molecule has 1 atom stereocenters. The molecule has 0 saturated carbocycles. The van der Waals surface area contributed by atoms with E-state index in [0.29, 0.717) is 6.54 Å². The van der Waals surface area contributed by atoms with Crippen LogP contribution in [0.15, 0.2) is 53.4 Å². The van der Waals surface area contributed by atoms with Crippen LogP contribution in [0.2, 0.25) is 0 Å². The zero-order chi connectivity index (χ0) is 23.6. The molecule has 176 valence electrons.